The molecule has 0 N–H and O–H groups in total. The molecule has 0 saturated carbocycles. The first-order valence-electron chi connectivity index (χ1n) is 4.63. The average molecular weight is 280 g/mol. The Balaban J connectivity index is 2.03. The first-order valence-corrected chi connectivity index (χ1v) is 6.41. The second-order valence-corrected chi connectivity index (χ2v) is 4.83. The second kappa shape index (κ2) is 5.33. The molecule has 1 nitrogen and oxygen atoms in total. The molecule has 0 spiro atoms. The zero-order chi connectivity index (χ0) is 10.5. The highest BCUT2D eigenvalue weighted by Crippen LogP contribution is 2.27. The van der Waals surface area contributed by atoms with Gasteiger partial charge in [-0.3, -0.25) is 0 Å². The molecule has 3 heteroatoms. The molecule has 0 saturated heterocycles. The monoisotopic (exact) mass is 279 g/mol. The normalized spacial score (nSPS) is 10.2. The lowest BCUT2D eigenvalue weighted by atomic mass is 10.2. The molecule has 0 amide bonds. The highest BCUT2D eigenvalue weighted by Gasteiger charge is 2.00. The van der Waals surface area contributed by atoms with Crippen LogP contribution in [0, 0.1) is 0 Å². The van der Waals surface area contributed by atoms with Crippen molar-refractivity contribution in [1.29, 1.82) is 0 Å². The summed E-state index contributed by atoms with van der Waals surface area (Å²) < 4.78 is 0.922. The van der Waals surface area contributed by atoms with Gasteiger partial charge in [-0.2, -0.15) is 0 Å². The molecule has 0 aliphatic rings. The van der Waals surface area contributed by atoms with Gasteiger partial charge in [0.1, 0.15) is 4.60 Å². The van der Waals surface area contributed by atoms with Gasteiger partial charge in [0.15, 0.2) is 0 Å². The van der Waals surface area contributed by atoms with E-state index in [-0.39, 0.29) is 0 Å². The summed E-state index contributed by atoms with van der Waals surface area (Å²) in [6.45, 7) is 0. The smallest absolute Gasteiger partial charge is 0.119 e. The fourth-order valence-electron chi connectivity index (χ4n) is 1.21. The molecule has 15 heavy (non-hydrogen) atoms. The number of rotatable bonds is 3. The Labute approximate surface area is 102 Å². The van der Waals surface area contributed by atoms with Crippen molar-refractivity contribution in [3.05, 3.63) is 58.8 Å². The summed E-state index contributed by atoms with van der Waals surface area (Å²) >= 11 is 5.23. The summed E-state index contributed by atoms with van der Waals surface area (Å²) in [5, 5.41) is 0. The van der Waals surface area contributed by atoms with Crippen molar-refractivity contribution < 1.29 is 0 Å². The summed E-state index contributed by atoms with van der Waals surface area (Å²) in [5.41, 5.74) is 1.33. The number of hydrogen-bond acceptors (Lipinski definition) is 2. The number of thioether (sulfide) groups is 1. The molecule has 76 valence electrons. The number of benzene rings is 1. The van der Waals surface area contributed by atoms with Crippen molar-refractivity contribution >= 4 is 27.7 Å². The van der Waals surface area contributed by atoms with Gasteiger partial charge < -0.3 is 0 Å². The van der Waals surface area contributed by atoms with Gasteiger partial charge >= 0.3 is 0 Å². The first kappa shape index (κ1) is 10.7. The molecular formula is C12H10BrNS. The maximum absolute atomic E-state index is 4.19. The van der Waals surface area contributed by atoms with E-state index >= 15 is 0 Å². The van der Waals surface area contributed by atoms with Crippen LogP contribution in [0.25, 0.3) is 0 Å². The first-order chi connectivity index (χ1) is 7.36. The minimum Gasteiger partial charge on any atom is -0.248 e. The maximum atomic E-state index is 4.19. The van der Waals surface area contributed by atoms with Crippen LogP contribution in [0.1, 0.15) is 5.56 Å². The Morgan fingerprint density at radius 3 is 2.60 bits per heavy atom. The van der Waals surface area contributed by atoms with Crippen molar-refractivity contribution in [3.63, 3.8) is 0 Å². The van der Waals surface area contributed by atoms with E-state index in [0.29, 0.717) is 0 Å². The third kappa shape index (κ3) is 3.08. The molecule has 2 rings (SSSR count). The largest absolute Gasteiger partial charge is 0.248 e. The third-order valence-corrected chi connectivity index (χ3v) is 3.97. The Morgan fingerprint density at radius 1 is 1.07 bits per heavy atom. The predicted octanol–water partition coefficient (Wildman–Crippen LogP) is 4.14. The van der Waals surface area contributed by atoms with Crippen LogP contribution in [0.5, 0.6) is 0 Å². The van der Waals surface area contributed by atoms with Crippen molar-refractivity contribution in [2.75, 3.05) is 0 Å². The number of pyridine rings is 1. The van der Waals surface area contributed by atoms with E-state index in [4.69, 9.17) is 0 Å². The topological polar surface area (TPSA) is 12.9 Å². The number of aromatic nitrogens is 1. The van der Waals surface area contributed by atoms with Gasteiger partial charge in [0.05, 0.1) is 0 Å². The molecule has 1 aromatic heterocycles. The molecule has 0 bridgehead atoms. The van der Waals surface area contributed by atoms with Crippen LogP contribution < -0.4 is 0 Å². The summed E-state index contributed by atoms with van der Waals surface area (Å²) in [4.78, 5) is 5.37. The lowest BCUT2D eigenvalue weighted by molar-refractivity contribution is 1.18. The molecular weight excluding hydrogens is 270 g/mol. The Hall–Kier alpha value is -0.800. The predicted molar refractivity (Wildman–Crippen MR) is 67.9 cm³/mol. The van der Waals surface area contributed by atoms with E-state index in [2.05, 4.69) is 51.2 Å². The molecule has 0 radical (unpaired) electrons. The second-order valence-electron chi connectivity index (χ2n) is 3.07. The molecule has 2 aromatic rings. The lowest BCUT2D eigenvalue weighted by Crippen LogP contribution is -1.82. The molecule has 0 aliphatic carbocycles. The van der Waals surface area contributed by atoms with Crippen LogP contribution in [0.4, 0.5) is 0 Å². The lowest BCUT2D eigenvalue weighted by Gasteiger charge is -2.02. The van der Waals surface area contributed by atoms with Crippen molar-refractivity contribution in [3.8, 4) is 0 Å². The van der Waals surface area contributed by atoms with Crippen LogP contribution in [-0.4, -0.2) is 4.98 Å². The van der Waals surface area contributed by atoms with E-state index in [1.165, 1.54) is 10.5 Å². The molecule has 0 fully saturated rings. The zero-order valence-electron chi connectivity index (χ0n) is 8.06. The van der Waals surface area contributed by atoms with Gasteiger partial charge in [0.2, 0.25) is 0 Å². The van der Waals surface area contributed by atoms with E-state index in [0.717, 1.165) is 10.4 Å². The summed E-state index contributed by atoms with van der Waals surface area (Å²) in [5.74, 6) is 0.977. The van der Waals surface area contributed by atoms with Gasteiger partial charge in [0.25, 0.3) is 0 Å². The van der Waals surface area contributed by atoms with Crippen molar-refractivity contribution in [2.45, 2.75) is 10.6 Å². The molecule has 0 aliphatic heterocycles. The quantitative estimate of drug-likeness (QED) is 0.619. The summed E-state index contributed by atoms with van der Waals surface area (Å²) in [7, 11) is 0. The van der Waals surface area contributed by atoms with E-state index in [9.17, 15) is 0 Å². The van der Waals surface area contributed by atoms with E-state index < -0.39 is 0 Å². The van der Waals surface area contributed by atoms with Crippen molar-refractivity contribution in [2.24, 2.45) is 0 Å². The number of nitrogens with zero attached hydrogens (tertiary/aromatic N) is 1. The van der Waals surface area contributed by atoms with Crippen LogP contribution in [0.2, 0.25) is 0 Å². The van der Waals surface area contributed by atoms with Gasteiger partial charge in [-0.15, -0.1) is 11.8 Å². The summed E-state index contributed by atoms with van der Waals surface area (Å²) in [6.07, 6.45) is 1.79. The number of halogens is 1. The summed E-state index contributed by atoms with van der Waals surface area (Å²) in [6, 6.07) is 14.5. The van der Waals surface area contributed by atoms with Gasteiger partial charge in [0, 0.05) is 16.8 Å². The maximum Gasteiger partial charge on any atom is 0.119 e. The SMILES string of the molecule is Brc1ncccc1SCc1ccccc1. The van der Waals surface area contributed by atoms with Crippen molar-refractivity contribution in [1.82, 2.24) is 4.98 Å². The molecule has 0 unspecified atom stereocenters. The zero-order valence-corrected chi connectivity index (χ0v) is 10.5. The number of hydrogen-bond donors (Lipinski definition) is 0. The third-order valence-electron chi connectivity index (χ3n) is 1.96. The standard InChI is InChI=1S/C12H10BrNS/c13-12-11(7-4-8-14-12)15-9-10-5-2-1-3-6-10/h1-8H,9H2. The van der Waals surface area contributed by atoms with E-state index in [1.54, 1.807) is 18.0 Å². The van der Waals surface area contributed by atoms with Crippen LogP contribution >= 0.6 is 27.7 Å². The average Bonchev–Trinajstić information content (AvgIpc) is 2.29. The minimum atomic E-state index is 0.922. The Morgan fingerprint density at radius 2 is 1.87 bits per heavy atom. The molecule has 1 heterocycles. The van der Waals surface area contributed by atoms with E-state index in [1.807, 2.05) is 12.1 Å². The van der Waals surface area contributed by atoms with Gasteiger partial charge in [-0.05, 0) is 33.6 Å². The molecule has 1 aromatic carbocycles. The minimum absolute atomic E-state index is 0.922. The fourth-order valence-corrected chi connectivity index (χ4v) is 2.67. The van der Waals surface area contributed by atoms with Gasteiger partial charge in [-0.1, -0.05) is 30.3 Å². The van der Waals surface area contributed by atoms with Gasteiger partial charge in [-0.25, -0.2) is 4.98 Å². The fraction of sp³-hybridized carbons (Fsp3) is 0.0833. The molecule has 0 atom stereocenters. The highest BCUT2D eigenvalue weighted by atomic mass is 79.9. The van der Waals surface area contributed by atoms with Crippen LogP contribution in [0.15, 0.2) is 58.2 Å². The Kier molecular flexibility index (Phi) is 3.80. The van der Waals surface area contributed by atoms with Crippen LogP contribution in [0.3, 0.4) is 0 Å². The van der Waals surface area contributed by atoms with Crippen LogP contribution in [-0.2, 0) is 5.75 Å². The highest BCUT2D eigenvalue weighted by molar-refractivity contribution is 9.10. The Bertz CT molecular complexity index is 431.